The molecule has 2 rings (SSSR count). The summed E-state index contributed by atoms with van der Waals surface area (Å²) >= 11 is 1.83. The largest absolute Gasteiger partial charge is 0.469 e. The molecule has 0 radical (unpaired) electrons. The van der Waals surface area contributed by atoms with Gasteiger partial charge in [-0.1, -0.05) is 12.5 Å². The van der Waals surface area contributed by atoms with E-state index in [1.165, 1.54) is 37.9 Å². The number of carbonyl (C=O) groups excluding carboxylic acids is 1. The molecule has 1 aliphatic rings. The molecule has 26 heavy (non-hydrogen) atoms. The van der Waals surface area contributed by atoms with Crippen molar-refractivity contribution in [2.24, 2.45) is 4.99 Å². The minimum atomic E-state index is -0.128. The number of methoxy groups -OCH3 is 1. The first kappa shape index (κ1) is 20.7. The minimum Gasteiger partial charge on any atom is -0.469 e. The lowest BCUT2D eigenvalue weighted by molar-refractivity contribution is -0.140. The van der Waals surface area contributed by atoms with Crippen molar-refractivity contribution < 1.29 is 9.53 Å². The first-order valence-corrected chi connectivity index (χ1v) is 10.4. The molecule has 1 aliphatic heterocycles. The van der Waals surface area contributed by atoms with Gasteiger partial charge in [-0.05, 0) is 50.2 Å². The van der Waals surface area contributed by atoms with E-state index in [1.807, 2.05) is 18.4 Å². The Balaban J connectivity index is 1.70. The lowest BCUT2D eigenvalue weighted by Gasteiger charge is -2.27. The molecule has 0 saturated carbocycles. The van der Waals surface area contributed by atoms with Crippen molar-refractivity contribution in [3.05, 3.63) is 22.4 Å². The summed E-state index contributed by atoms with van der Waals surface area (Å²) in [7, 11) is 3.24. The Morgan fingerprint density at radius 1 is 1.31 bits per heavy atom. The Kier molecular flexibility index (Phi) is 9.48. The monoisotopic (exact) mass is 380 g/mol. The molecule has 1 fully saturated rings. The number of guanidine groups is 1. The lowest BCUT2D eigenvalue weighted by Crippen LogP contribution is -2.42. The lowest BCUT2D eigenvalue weighted by atomic mass is 10.2. The third kappa shape index (κ3) is 6.96. The highest BCUT2D eigenvalue weighted by Gasteiger charge is 2.24. The molecule has 1 saturated heterocycles. The zero-order valence-electron chi connectivity index (χ0n) is 16.0. The molecule has 2 N–H and O–H groups in total. The number of nitrogens with zero attached hydrogens (tertiary/aromatic N) is 2. The van der Waals surface area contributed by atoms with Crippen LogP contribution in [-0.4, -0.2) is 57.2 Å². The van der Waals surface area contributed by atoms with Crippen LogP contribution >= 0.6 is 11.3 Å². The van der Waals surface area contributed by atoms with E-state index in [0.717, 1.165) is 38.3 Å². The van der Waals surface area contributed by atoms with Crippen LogP contribution in [-0.2, 0) is 9.53 Å². The van der Waals surface area contributed by atoms with Crippen LogP contribution in [0.2, 0.25) is 0 Å². The number of likely N-dealkylation sites (tertiary alicyclic amines) is 1. The molecule has 0 amide bonds. The van der Waals surface area contributed by atoms with Crippen LogP contribution in [0.25, 0.3) is 0 Å². The number of carbonyl (C=O) groups is 1. The highest BCUT2D eigenvalue weighted by Crippen LogP contribution is 2.27. The zero-order valence-corrected chi connectivity index (χ0v) is 16.8. The number of aliphatic imine (C=N–C) groups is 1. The van der Waals surface area contributed by atoms with Crippen LogP contribution in [0.5, 0.6) is 0 Å². The van der Waals surface area contributed by atoms with Gasteiger partial charge in [0.1, 0.15) is 0 Å². The number of hydrogen-bond acceptors (Lipinski definition) is 5. The van der Waals surface area contributed by atoms with E-state index in [2.05, 4.69) is 42.8 Å². The van der Waals surface area contributed by atoms with E-state index in [4.69, 9.17) is 0 Å². The van der Waals surface area contributed by atoms with Crippen molar-refractivity contribution in [3.8, 4) is 0 Å². The molecule has 6 nitrogen and oxygen atoms in total. The average molecular weight is 381 g/mol. The Labute approximate surface area is 161 Å². The quantitative estimate of drug-likeness (QED) is 0.283. The molecule has 2 heterocycles. The molecular formula is C19H32N4O2S. The zero-order chi connectivity index (χ0) is 18.6. The van der Waals surface area contributed by atoms with Crippen LogP contribution in [0.4, 0.5) is 0 Å². The first-order valence-electron chi connectivity index (χ1n) is 9.53. The molecular weight excluding hydrogens is 348 g/mol. The van der Waals surface area contributed by atoms with Crippen molar-refractivity contribution in [3.63, 3.8) is 0 Å². The number of rotatable bonds is 10. The molecule has 146 valence electrons. The van der Waals surface area contributed by atoms with E-state index >= 15 is 0 Å². The molecule has 7 heteroatoms. The van der Waals surface area contributed by atoms with Crippen molar-refractivity contribution in [1.82, 2.24) is 15.5 Å². The molecule has 0 aliphatic carbocycles. The van der Waals surface area contributed by atoms with Gasteiger partial charge in [0, 0.05) is 31.4 Å². The predicted octanol–water partition coefficient (Wildman–Crippen LogP) is 2.78. The molecule has 0 spiro atoms. The fraction of sp³-hybridized carbons (Fsp3) is 0.684. The van der Waals surface area contributed by atoms with Gasteiger partial charge >= 0.3 is 5.97 Å². The molecule has 1 aromatic rings. The summed E-state index contributed by atoms with van der Waals surface area (Å²) in [6.07, 6.45) is 5.97. The molecule has 1 unspecified atom stereocenters. The van der Waals surface area contributed by atoms with Gasteiger partial charge < -0.3 is 15.4 Å². The normalized spacial score (nSPS) is 16.5. The summed E-state index contributed by atoms with van der Waals surface area (Å²) in [4.78, 5) is 19.4. The van der Waals surface area contributed by atoms with Gasteiger partial charge in [-0.3, -0.25) is 14.7 Å². The average Bonchev–Trinajstić information content (AvgIpc) is 3.37. The number of thiophene rings is 1. The highest BCUT2D eigenvalue weighted by atomic mass is 32.1. The standard InChI is InChI=1S/C19H32N4O2S/c1-20-19(21-11-5-3-4-10-18(24)25-2)22-15-16(17-9-8-14-26-17)23-12-6-7-13-23/h8-9,14,16H,3-7,10-13,15H2,1-2H3,(H2,20,21,22). The molecule has 0 aromatic carbocycles. The third-order valence-electron chi connectivity index (χ3n) is 4.72. The van der Waals surface area contributed by atoms with Crippen molar-refractivity contribution in [2.45, 2.75) is 44.6 Å². The van der Waals surface area contributed by atoms with Crippen LogP contribution in [0.15, 0.2) is 22.5 Å². The van der Waals surface area contributed by atoms with Gasteiger partial charge in [-0.2, -0.15) is 0 Å². The van der Waals surface area contributed by atoms with E-state index in [-0.39, 0.29) is 5.97 Å². The van der Waals surface area contributed by atoms with Crippen molar-refractivity contribution in [1.29, 1.82) is 0 Å². The summed E-state index contributed by atoms with van der Waals surface area (Å²) < 4.78 is 4.65. The summed E-state index contributed by atoms with van der Waals surface area (Å²) in [6.45, 7) is 4.07. The summed E-state index contributed by atoms with van der Waals surface area (Å²) in [5.74, 6) is 0.718. The van der Waals surface area contributed by atoms with E-state index in [9.17, 15) is 4.79 Å². The fourth-order valence-electron chi connectivity index (χ4n) is 3.24. The number of hydrogen-bond donors (Lipinski definition) is 2. The van der Waals surface area contributed by atoms with Crippen molar-refractivity contribution in [2.75, 3.05) is 40.3 Å². The number of nitrogens with one attached hydrogen (secondary N) is 2. The molecule has 0 bridgehead atoms. The maximum absolute atomic E-state index is 11.1. The van der Waals surface area contributed by atoms with Crippen molar-refractivity contribution >= 4 is 23.3 Å². The van der Waals surface area contributed by atoms with Crippen LogP contribution < -0.4 is 10.6 Å². The Hall–Kier alpha value is -1.60. The number of ether oxygens (including phenoxy) is 1. The number of unbranched alkanes of at least 4 members (excludes halogenated alkanes) is 2. The second kappa shape index (κ2) is 11.9. The summed E-state index contributed by atoms with van der Waals surface area (Å²) in [5, 5.41) is 9.01. The maximum atomic E-state index is 11.1. The SMILES string of the molecule is CN=C(NCCCCCC(=O)OC)NCC(c1cccs1)N1CCCC1. The van der Waals surface area contributed by atoms with Gasteiger partial charge in [-0.15, -0.1) is 11.3 Å². The topological polar surface area (TPSA) is 66.0 Å². The third-order valence-corrected chi connectivity index (χ3v) is 5.69. The van der Waals surface area contributed by atoms with Crippen LogP contribution in [0.1, 0.15) is 49.4 Å². The van der Waals surface area contributed by atoms with E-state index < -0.39 is 0 Å². The van der Waals surface area contributed by atoms with Gasteiger partial charge in [0.2, 0.25) is 0 Å². The fourth-order valence-corrected chi connectivity index (χ4v) is 4.10. The first-order chi connectivity index (χ1) is 12.7. The van der Waals surface area contributed by atoms with Crippen LogP contribution in [0, 0.1) is 0 Å². The van der Waals surface area contributed by atoms with E-state index in [0.29, 0.717) is 12.5 Å². The van der Waals surface area contributed by atoms with Gasteiger partial charge in [0.05, 0.1) is 13.2 Å². The second-order valence-electron chi connectivity index (χ2n) is 6.54. The van der Waals surface area contributed by atoms with Gasteiger partial charge in [0.25, 0.3) is 0 Å². The Morgan fingerprint density at radius 3 is 2.77 bits per heavy atom. The van der Waals surface area contributed by atoms with E-state index in [1.54, 1.807) is 0 Å². The summed E-state index contributed by atoms with van der Waals surface area (Å²) in [6, 6.07) is 4.77. The van der Waals surface area contributed by atoms with Crippen LogP contribution in [0.3, 0.4) is 0 Å². The second-order valence-corrected chi connectivity index (χ2v) is 7.52. The molecule has 1 aromatic heterocycles. The predicted molar refractivity (Wildman–Crippen MR) is 108 cm³/mol. The Bertz CT molecular complexity index is 542. The van der Waals surface area contributed by atoms with Gasteiger partial charge in [0.15, 0.2) is 5.96 Å². The van der Waals surface area contributed by atoms with Gasteiger partial charge in [-0.25, -0.2) is 0 Å². The smallest absolute Gasteiger partial charge is 0.305 e. The highest BCUT2D eigenvalue weighted by molar-refractivity contribution is 7.10. The number of esters is 1. The summed E-state index contributed by atoms with van der Waals surface area (Å²) in [5.41, 5.74) is 0. The molecule has 1 atom stereocenters. The minimum absolute atomic E-state index is 0.128. The maximum Gasteiger partial charge on any atom is 0.305 e. The Morgan fingerprint density at radius 2 is 2.12 bits per heavy atom.